The highest BCUT2D eigenvalue weighted by Crippen LogP contribution is 2.26. The summed E-state index contributed by atoms with van der Waals surface area (Å²) in [5, 5.41) is 0. The Labute approximate surface area is 190 Å². The molecule has 2 N–H and O–H groups in total. The van der Waals surface area contributed by atoms with Crippen molar-refractivity contribution in [3.05, 3.63) is 60.3 Å². The molecule has 0 spiro atoms. The van der Waals surface area contributed by atoms with Gasteiger partial charge in [0, 0.05) is 6.20 Å². The van der Waals surface area contributed by atoms with Crippen LogP contribution in [0, 0.1) is 6.92 Å². The molecule has 5 nitrogen and oxygen atoms in total. The first-order valence-corrected chi connectivity index (χ1v) is 10.4. The molecule has 1 aliphatic heterocycles. The topological polar surface area (TPSA) is 31.1 Å². The normalized spacial score (nSPS) is 18.9. The van der Waals surface area contributed by atoms with E-state index in [1.54, 1.807) is 9.80 Å². The summed E-state index contributed by atoms with van der Waals surface area (Å²) in [5.74, 6) is 1.05. The minimum absolute atomic E-state index is 0. The van der Waals surface area contributed by atoms with Gasteiger partial charge < -0.3 is 39.2 Å². The maximum Gasteiger partial charge on any atom is 0.215 e. The summed E-state index contributed by atoms with van der Waals surface area (Å²) in [4.78, 5) is 8.34. The third-order valence-corrected chi connectivity index (χ3v) is 6.21. The molecular weight excluding hydrogens is 417 g/mol. The fraction of sp³-hybridized carbons (Fsp3) is 0.348. The lowest BCUT2D eigenvalue weighted by Gasteiger charge is -2.27. The van der Waals surface area contributed by atoms with Crippen LogP contribution in [0.5, 0.6) is 0 Å². The van der Waals surface area contributed by atoms with Gasteiger partial charge in [-0.15, -0.1) is 0 Å². The maximum absolute atomic E-state index is 4.97. The number of hydrogen-bond acceptors (Lipinski definition) is 1. The Morgan fingerprint density at radius 3 is 2.37 bits per heavy atom. The summed E-state index contributed by atoms with van der Waals surface area (Å²) in [6, 6.07) is 17.3. The monoisotopic (exact) mass is 445 g/mol. The lowest BCUT2D eigenvalue weighted by atomic mass is 10.1. The zero-order valence-corrected chi connectivity index (χ0v) is 19.0. The molecule has 0 aliphatic carbocycles. The van der Waals surface area contributed by atoms with Gasteiger partial charge in [0.2, 0.25) is 5.78 Å². The number of likely N-dealkylation sites (N-methyl/N-ethyl adjacent to an activating group) is 1. The highest BCUT2D eigenvalue weighted by atomic mass is 35.5. The molecule has 7 heteroatoms. The second kappa shape index (κ2) is 9.40. The Balaban J connectivity index is 0.00000128. The van der Waals surface area contributed by atoms with E-state index in [-0.39, 0.29) is 24.8 Å². The van der Waals surface area contributed by atoms with Gasteiger partial charge in [-0.2, -0.15) is 0 Å². The summed E-state index contributed by atoms with van der Waals surface area (Å²) in [6.07, 6.45) is 2.26. The van der Waals surface area contributed by atoms with Gasteiger partial charge in [0.15, 0.2) is 0 Å². The summed E-state index contributed by atoms with van der Waals surface area (Å²) in [5.41, 5.74) is 6.06. The molecule has 0 amide bonds. The predicted molar refractivity (Wildman–Crippen MR) is 113 cm³/mol. The predicted octanol–water partition coefficient (Wildman–Crippen LogP) is -5.31. The molecule has 160 valence electrons. The molecule has 0 bridgehead atoms. The number of rotatable bonds is 4. The number of fused-ring (bicyclic) bond motifs is 3. The van der Waals surface area contributed by atoms with E-state index in [1.165, 1.54) is 48.5 Å². The van der Waals surface area contributed by atoms with Crippen LogP contribution in [0.1, 0.15) is 5.56 Å². The molecule has 3 heterocycles. The van der Waals surface area contributed by atoms with Gasteiger partial charge in [-0.25, -0.2) is 4.98 Å². The maximum atomic E-state index is 4.97. The van der Waals surface area contributed by atoms with Crippen LogP contribution in [-0.4, -0.2) is 53.7 Å². The van der Waals surface area contributed by atoms with Crippen molar-refractivity contribution in [3.8, 4) is 11.3 Å². The molecule has 1 fully saturated rings. The van der Waals surface area contributed by atoms with Crippen molar-refractivity contribution in [1.82, 2.24) is 14.0 Å². The van der Waals surface area contributed by atoms with Gasteiger partial charge in [0.25, 0.3) is 0 Å². The number of imidazole rings is 2. The molecule has 4 aromatic rings. The van der Waals surface area contributed by atoms with E-state index in [9.17, 15) is 0 Å². The minimum Gasteiger partial charge on any atom is -1.00 e. The number of nitrogens with zero attached hydrogens (tertiary/aromatic N) is 3. The first-order valence-electron chi connectivity index (χ1n) is 10.4. The Kier molecular flexibility index (Phi) is 7.09. The summed E-state index contributed by atoms with van der Waals surface area (Å²) >= 11 is 0. The Morgan fingerprint density at radius 1 is 0.933 bits per heavy atom. The average Bonchev–Trinajstić information content (AvgIpc) is 3.24. The van der Waals surface area contributed by atoms with Crippen LogP contribution in [0.25, 0.3) is 28.1 Å². The van der Waals surface area contributed by atoms with Crippen LogP contribution in [0.3, 0.4) is 0 Å². The van der Waals surface area contributed by atoms with Crippen LogP contribution < -0.4 is 34.6 Å². The number of halogens is 2. The van der Waals surface area contributed by atoms with E-state index >= 15 is 0 Å². The van der Waals surface area contributed by atoms with E-state index in [1.807, 2.05) is 0 Å². The molecule has 2 aromatic heterocycles. The number of piperazine rings is 1. The lowest BCUT2D eigenvalue weighted by molar-refractivity contribution is -1.00. The standard InChI is InChI=1S/C23H27N5.2ClH/c1-18-7-9-19(10-8-18)22-17-28-21-6-4-3-5-20(21)24-23(28)27(22)16-15-26-13-11-25(2)12-14-26;;/h3-10,17H,11-16H2,1-2H3;2*1H. The highest BCUT2D eigenvalue weighted by Gasteiger charge is 2.21. The second-order valence-corrected chi connectivity index (χ2v) is 8.26. The van der Waals surface area contributed by atoms with Crippen LogP contribution in [-0.2, 0) is 6.54 Å². The molecule has 2 aromatic carbocycles. The minimum atomic E-state index is 0. The van der Waals surface area contributed by atoms with Crippen LogP contribution in [0.2, 0.25) is 0 Å². The molecule has 0 atom stereocenters. The third kappa shape index (κ3) is 4.21. The van der Waals surface area contributed by atoms with E-state index in [0.29, 0.717) is 0 Å². The first-order chi connectivity index (χ1) is 13.7. The van der Waals surface area contributed by atoms with Gasteiger partial charge in [0.1, 0.15) is 26.2 Å². The van der Waals surface area contributed by atoms with Crippen molar-refractivity contribution in [1.29, 1.82) is 0 Å². The summed E-state index contributed by atoms with van der Waals surface area (Å²) in [6.45, 7) is 9.36. The third-order valence-electron chi connectivity index (χ3n) is 6.21. The summed E-state index contributed by atoms with van der Waals surface area (Å²) < 4.78 is 4.68. The quantitative estimate of drug-likeness (QED) is 0.323. The molecule has 5 rings (SSSR count). The fourth-order valence-corrected chi connectivity index (χ4v) is 4.37. The largest absolute Gasteiger partial charge is 1.00 e. The van der Waals surface area contributed by atoms with Gasteiger partial charge in [-0.1, -0.05) is 42.0 Å². The van der Waals surface area contributed by atoms with Crippen molar-refractivity contribution in [3.63, 3.8) is 0 Å². The number of hydrogen-bond donors (Lipinski definition) is 2. The van der Waals surface area contributed by atoms with Crippen LogP contribution >= 0.6 is 0 Å². The van der Waals surface area contributed by atoms with E-state index in [2.05, 4.69) is 77.7 Å². The molecule has 0 unspecified atom stereocenters. The second-order valence-electron chi connectivity index (χ2n) is 8.26. The highest BCUT2D eigenvalue weighted by molar-refractivity contribution is 5.81. The zero-order chi connectivity index (χ0) is 19.1. The number of quaternary nitrogens is 2. The van der Waals surface area contributed by atoms with Gasteiger partial charge in [-0.05, 0) is 24.6 Å². The lowest BCUT2D eigenvalue weighted by Crippen LogP contribution is -3.27. The van der Waals surface area contributed by atoms with Crippen molar-refractivity contribution in [2.24, 2.45) is 0 Å². The smallest absolute Gasteiger partial charge is 0.215 e. The van der Waals surface area contributed by atoms with Crippen molar-refractivity contribution >= 4 is 16.8 Å². The summed E-state index contributed by atoms with van der Waals surface area (Å²) in [7, 11) is 2.30. The number of aryl methyl sites for hydroxylation is 1. The van der Waals surface area contributed by atoms with Crippen molar-refractivity contribution in [2.75, 3.05) is 39.8 Å². The Hall–Kier alpha value is -2.05. The number of para-hydroxylation sites is 2. The van der Waals surface area contributed by atoms with Gasteiger partial charge in [-0.3, -0.25) is 4.40 Å². The van der Waals surface area contributed by atoms with Gasteiger partial charge in [0.05, 0.1) is 36.9 Å². The molecular formula is C23H29Cl2N5. The number of benzene rings is 2. The molecule has 30 heavy (non-hydrogen) atoms. The first kappa shape index (κ1) is 22.6. The Bertz CT molecular complexity index is 1110. The Morgan fingerprint density at radius 2 is 1.63 bits per heavy atom. The molecule has 0 saturated carbocycles. The average molecular weight is 446 g/mol. The molecule has 1 aliphatic rings. The van der Waals surface area contributed by atoms with E-state index < -0.39 is 0 Å². The van der Waals surface area contributed by atoms with Crippen LogP contribution in [0.4, 0.5) is 0 Å². The van der Waals surface area contributed by atoms with E-state index in [0.717, 1.165) is 24.4 Å². The zero-order valence-electron chi connectivity index (χ0n) is 17.5. The number of aromatic nitrogens is 3. The fourth-order valence-electron chi connectivity index (χ4n) is 4.37. The molecule has 1 saturated heterocycles. The van der Waals surface area contributed by atoms with Crippen LogP contribution in [0.15, 0.2) is 54.7 Å². The number of nitrogens with one attached hydrogen (secondary N) is 2. The van der Waals surface area contributed by atoms with E-state index in [4.69, 9.17) is 4.98 Å². The van der Waals surface area contributed by atoms with Crippen molar-refractivity contribution in [2.45, 2.75) is 13.5 Å². The van der Waals surface area contributed by atoms with Gasteiger partial charge >= 0.3 is 0 Å². The molecule has 0 radical (unpaired) electrons. The van der Waals surface area contributed by atoms with Crippen molar-refractivity contribution < 1.29 is 34.6 Å². The SMILES string of the molecule is Cc1ccc(-c2cn3c4ccccc4nc3n2CC[NH+]2CC[NH+](C)CC2)cc1.[Cl-].[Cl-].